The van der Waals surface area contributed by atoms with E-state index in [1.165, 1.54) is 13.2 Å². The molecule has 0 aliphatic carbocycles. The Morgan fingerprint density at radius 3 is 2.28 bits per heavy atom. The van der Waals surface area contributed by atoms with Crippen LogP contribution in [0.1, 0.15) is 11.1 Å². The largest absolute Gasteiger partial charge is 0.381 e. The minimum Gasteiger partial charge on any atom is -0.381 e. The average Bonchev–Trinajstić information content (AvgIpc) is 2.40. The fourth-order valence-corrected chi connectivity index (χ4v) is 2.04. The lowest BCUT2D eigenvalue weighted by atomic mass is 9.87. The molecule has 2 aromatic carbocycles. The molecule has 0 aromatic heterocycles. The van der Waals surface area contributed by atoms with E-state index in [9.17, 15) is 9.50 Å². The highest BCUT2D eigenvalue weighted by molar-refractivity contribution is 5.36. The monoisotopic (exact) mass is 246 g/mol. The van der Waals surface area contributed by atoms with E-state index in [2.05, 4.69) is 0 Å². The van der Waals surface area contributed by atoms with Crippen LogP contribution in [-0.4, -0.2) is 18.8 Å². The molecule has 0 saturated heterocycles. The van der Waals surface area contributed by atoms with Gasteiger partial charge in [-0.3, -0.25) is 0 Å². The summed E-state index contributed by atoms with van der Waals surface area (Å²) in [5, 5.41) is 10.8. The van der Waals surface area contributed by atoms with E-state index in [0.717, 1.165) is 0 Å². The standard InChI is InChI=1S/C15H15FO2/c1-18-11-15(17,12-7-3-2-4-8-12)13-9-5-6-10-14(13)16/h2-10,17H,11H2,1H3. The Balaban J connectivity index is 2.55. The first kappa shape index (κ1) is 12.7. The highest BCUT2D eigenvalue weighted by Crippen LogP contribution is 2.31. The van der Waals surface area contributed by atoms with Gasteiger partial charge >= 0.3 is 0 Å². The van der Waals surface area contributed by atoms with Crippen molar-refractivity contribution in [1.29, 1.82) is 0 Å². The summed E-state index contributed by atoms with van der Waals surface area (Å²) in [6, 6.07) is 15.2. The van der Waals surface area contributed by atoms with Crippen molar-refractivity contribution in [1.82, 2.24) is 0 Å². The van der Waals surface area contributed by atoms with E-state index in [-0.39, 0.29) is 12.2 Å². The van der Waals surface area contributed by atoms with E-state index >= 15 is 0 Å². The molecule has 2 aromatic rings. The number of aliphatic hydroxyl groups is 1. The van der Waals surface area contributed by atoms with Gasteiger partial charge in [-0.05, 0) is 11.6 Å². The van der Waals surface area contributed by atoms with Gasteiger partial charge in [-0.15, -0.1) is 0 Å². The summed E-state index contributed by atoms with van der Waals surface area (Å²) in [4.78, 5) is 0. The normalized spacial score (nSPS) is 14.2. The van der Waals surface area contributed by atoms with Gasteiger partial charge in [0.1, 0.15) is 11.4 Å². The quantitative estimate of drug-likeness (QED) is 0.898. The molecule has 94 valence electrons. The van der Waals surface area contributed by atoms with Gasteiger partial charge in [0.25, 0.3) is 0 Å². The number of rotatable bonds is 4. The average molecular weight is 246 g/mol. The Bertz CT molecular complexity index is 513. The molecule has 18 heavy (non-hydrogen) atoms. The van der Waals surface area contributed by atoms with E-state index in [0.29, 0.717) is 5.56 Å². The molecule has 0 aliphatic rings. The van der Waals surface area contributed by atoms with Crippen LogP contribution < -0.4 is 0 Å². The van der Waals surface area contributed by atoms with Crippen molar-refractivity contribution in [2.24, 2.45) is 0 Å². The van der Waals surface area contributed by atoms with Crippen molar-refractivity contribution in [3.63, 3.8) is 0 Å². The molecule has 0 bridgehead atoms. The maximum Gasteiger partial charge on any atom is 0.141 e. The van der Waals surface area contributed by atoms with Gasteiger partial charge in [0.05, 0.1) is 6.61 Å². The van der Waals surface area contributed by atoms with Gasteiger partial charge in [-0.25, -0.2) is 4.39 Å². The molecule has 0 heterocycles. The van der Waals surface area contributed by atoms with Gasteiger partial charge in [0.2, 0.25) is 0 Å². The highest BCUT2D eigenvalue weighted by atomic mass is 19.1. The first-order valence-electron chi connectivity index (χ1n) is 5.70. The molecular formula is C15H15FO2. The first-order valence-corrected chi connectivity index (χ1v) is 5.70. The SMILES string of the molecule is COCC(O)(c1ccccc1)c1ccccc1F. The van der Waals surface area contributed by atoms with Crippen LogP contribution in [-0.2, 0) is 10.3 Å². The number of hydrogen-bond acceptors (Lipinski definition) is 2. The maximum absolute atomic E-state index is 13.9. The molecule has 2 rings (SSSR count). The maximum atomic E-state index is 13.9. The van der Waals surface area contributed by atoms with E-state index < -0.39 is 11.4 Å². The summed E-state index contributed by atoms with van der Waals surface area (Å²) in [5.74, 6) is -0.444. The predicted octanol–water partition coefficient (Wildman–Crippen LogP) is 2.71. The Morgan fingerprint density at radius 1 is 1.06 bits per heavy atom. The molecule has 0 aliphatic heterocycles. The second-order valence-electron chi connectivity index (χ2n) is 4.14. The third-order valence-corrected chi connectivity index (χ3v) is 2.92. The number of halogens is 1. The Kier molecular flexibility index (Phi) is 3.75. The topological polar surface area (TPSA) is 29.5 Å². The molecule has 3 heteroatoms. The van der Waals surface area contributed by atoms with Crippen molar-refractivity contribution < 1.29 is 14.2 Å². The van der Waals surface area contributed by atoms with Gasteiger partial charge in [-0.2, -0.15) is 0 Å². The minimum atomic E-state index is -1.47. The molecule has 1 atom stereocenters. The molecule has 0 fully saturated rings. The van der Waals surface area contributed by atoms with Crippen LogP contribution >= 0.6 is 0 Å². The lowest BCUT2D eigenvalue weighted by molar-refractivity contribution is -0.00569. The van der Waals surface area contributed by atoms with Crippen molar-refractivity contribution in [2.45, 2.75) is 5.60 Å². The van der Waals surface area contributed by atoms with Crippen LogP contribution in [0.4, 0.5) is 4.39 Å². The summed E-state index contributed by atoms with van der Waals surface area (Å²) in [7, 11) is 1.48. The number of methoxy groups -OCH3 is 1. The lowest BCUT2D eigenvalue weighted by Crippen LogP contribution is -2.33. The van der Waals surface area contributed by atoms with Gasteiger partial charge in [0, 0.05) is 12.7 Å². The highest BCUT2D eigenvalue weighted by Gasteiger charge is 2.33. The fraction of sp³-hybridized carbons (Fsp3) is 0.200. The lowest BCUT2D eigenvalue weighted by Gasteiger charge is -2.28. The van der Waals surface area contributed by atoms with Crippen molar-refractivity contribution in [3.8, 4) is 0 Å². The number of benzene rings is 2. The molecule has 1 N–H and O–H groups in total. The Hall–Kier alpha value is -1.71. The third-order valence-electron chi connectivity index (χ3n) is 2.92. The van der Waals surface area contributed by atoms with Crippen LogP contribution in [0.25, 0.3) is 0 Å². The summed E-state index contributed by atoms with van der Waals surface area (Å²) in [5.41, 5.74) is -0.642. The van der Waals surface area contributed by atoms with Crippen molar-refractivity contribution >= 4 is 0 Å². The Labute approximate surface area is 106 Å². The molecule has 0 spiro atoms. The van der Waals surface area contributed by atoms with Crippen LogP contribution in [0.2, 0.25) is 0 Å². The summed E-state index contributed by atoms with van der Waals surface area (Å²) >= 11 is 0. The van der Waals surface area contributed by atoms with Crippen molar-refractivity contribution in [3.05, 3.63) is 71.5 Å². The molecule has 0 saturated carbocycles. The zero-order chi connectivity index (χ0) is 13.0. The minimum absolute atomic E-state index is 0.00204. The third kappa shape index (κ3) is 2.28. The number of ether oxygens (including phenoxy) is 1. The van der Waals surface area contributed by atoms with Gasteiger partial charge < -0.3 is 9.84 Å². The molecular weight excluding hydrogens is 231 g/mol. The van der Waals surface area contributed by atoms with Crippen LogP contribution in [0, 0.1) is 5.82 Å². The predicted molar refractivity (Wildman–Crippen MR) is 67.7 cm³/mol. The first-order chi connectivity index (χ1) is 8.68. The summed E-state index contributed by atoms with van der Waals surface area (Å²) in [6.45, 7) is -0.00204. The van der Waals surface area contributed by atoms with Gasteiger partial charge in [0.15, 0.2) is 0 Å². The molecule has 0 radical (unpaired) electrons. The zero-order valence-corrected chi connectivity index (χ0v) is 10.1. The second-order valence-corrected chi connectivity index (χ2v) is 4.14. The van der Waals surface area contributed by atoms with Crippen LogP contribution in [0.5, 0.6) is 0 Å². The van der Waals surface area contributed by atoms with E-state index in [1.54, 1.807) is 42.5 Å². The van der Waals surface area contributed by atoms with Gasteiger partial charge in [-0.1, -0.05) is 48.5 Å². The molecule has 2 nitrogen and oxygen atoms in total. The summed E-state index contributed by atoms with van der Waals surface area (Å²) in [6.07, 6.45) is 0. The zero-order valence-electron chi connectivity index (χ0n) is 10.1. The van der Waals surface area contributed by atoms with E-state index in [4.69, 9.17) is 4.74 Å². The molecule has 1 unspecified atom stereocenters. The summed E-state index contributed by atoms with van der Waals surface area (Å²) < 4.78 is 18.9. The Morgan fingerprint density at radius 2 is 1.67 bits per heavy atom. The van der Waals surface area contributed by atoms with Crippen molar-refractivity contribution in [2.75, 3.05) is 13.7 Å². The van der Waals surface area contributed by atoms with Crippen LogP contribution in [0.3, 0.4) is 0 Å². The van der Waals surface area contributed by atoms with Crippen LogP contribution in [0.15, 0.2) is 54.6 Å². The molecule has 0 amide bonds. The number of hydrogen-bond donors (Lipinski definition) is 1. The fourth-order valence-electron chi connectivity index (χ4n) is 2.04. The van der Waals surface area contributed by atoms with E-state index in [1.807, 2.05) is 6.07 Å². The smallest absolute Gasteiger partial charge is 0.141 e. The second kappa shape index (κ2) is 5.29.